The van der Waals surface area contributed by atoms with Gasteiger partial charge in [0.2, 0.25) is 0 Å². The zero-order valence-electron chi connectivity index (χ0n) is 10.8. The fourth-order valence-electron chi connectivity index (χ4n) is 1.88. The number of rotatable bonds is 3. The summed E-state index contributed by atoms with van der Waals surface area (Å²) in [6.07, 6.45) is 8.95. The summed E-state index contributed by atoms with van der Waals surface area (Å²) in [6.45, 7) is 0. The van der Waals surface area contributed by atoms with E-state index in [0.717, 1.165) is 22.4 Å². The summed E-state index contributed by atoms with van der Waals surface area (Å²) in [5.74, 6) is 0. The summed E-state index contributed by atoms with van der Waals surface area (Å²) in [5, 5.41) is 0. The minimum Gasteiger partial charge on any atom is -0.265 e. The molecule has 0 amide bonds. The van der Waals surface area contributed by atoms with Gasteiger partial charge in [0.1, 0.15) is 0 Å². The first kappa shape index (κ1) is 12.2. The normalized spacial score (nSPS) is 10.8. The predicted molar refractivity (Wildman–Crippen MR) is 81.2 cm³/mol. The van der Waals surface area contributed by atoms with Gasteiger partial charge >= 0.3 is 0 Å². The summed E-state index contributed by atoms with van der Waals surface area (Å²) in [4.78, 5) is 12.4. The number of pyridine rings is 2. The number of nitrogens with zero attached hydrogens (tertiary/aromatic N) is 3. The van der Waals surface area contributed by atoms with Gasteiger partial charge in [-0.15, -0.1) is 0 Å². The molecule has 1 aromatic carbocycles. The third kappa shape index (κ3) is 2.95. The molecule has 0 atom stereocenters. The Morgan fingerprint density at radius 2 is 1.20 bits per heavy atom. The third-order valence-corrected chi connectivity index (χ3v) is 2.95. The van der Waals surface area contributed by atoms with E-state index in [9.17, 15) is 0 Å². The molecule has 0 unspecified atom stereocenters. The first-order valence-corrected chi connectivity index (χ1v) is 6.36. The average molecular weight is 259 g/mol. The van der Waals surface area contributed by atoms with E-state index in [1.165, 1.54) is 0 Å². The minimum absolute atomic E-state index is 0.930. The van der Waals surface area contributed by atoms with Gasteiger partial charge in [0.25, 0.3) is 0 Å². The molecule has 0 N–H and O–H groups in total. The van der Waals surface area contributed by atoms with E-state index in [1.807, 2.05) is 42.6 Å². The largest absolute Gasteiger partial charge is 0.265 e. The fraction of sp³-hybridized carbons (Fsp3) is 0. The van der Waals surface area contributed by atoms with E-state index in [2.05, 4.69) is 27.1 Å². The topological polar surface area (TPSA) is 38.1 Å². The number of benzene rings is 1. The molecule has 0 aliphatic rings. The SMILES string of the molecule is C(=Nc1ccc(-c2ccncc2)cc1)c1ccncc1. The van der Waals surface area contributed by atoms with Gasteiger partial charge in [0.05, 0.1) is 5.69 Å². The van der Waals surface area contributed by atoms with Crippen molar-refractivity contribution in [2.45, 2.75) is 0 Å². The van der Waals surface area contributed by atoms with E-state index in [-0.39, 0.29) is 0 Å². The van der Waals surface area contributed by atoms with Gasteiger partial charge in [0, 0.05) is 31.0 Å². The second-order valence-electron chi connectivity index (χ2n) is 4.32. The van der Waals surface area contributed by atoms with Crippen molar-refractivity contribution < 1.29 is 0 Å². The Hall–Kier alpha value is -2.81. The fourth-order valence-corrected chi connectivity index (χ4v) is 1.88. The van der Waals surface area contributed by atoms with Crippen LogP contribution in [0.5, 0.6) is 0 Å². The number of hydrogen-bond acceptors (Lipinski definition) is 3. The molecule has 3 rings (SSSR count). The highest BCUT2D eigenvalue weighted by molar-refractivity contribution is 5.81. The van der Waals surface area contributed by atoms with Crippen molar-refractivity contribution in [1.29, 1.82) is 0 Å². The molecule has 2 aromatic heterocycles. The molecule has 0 spiro atoms. The van der Waals surface area contributed by atoms with Crippen molar-refractivity contribution in [3.8, 4) is 11.1 Å². The summed E-state index contributed by atoms with van der Waals surface area (Å²) >= 11 is 0. The lowest BCUT2D eigenvalue weighted by Gasteiger charge is -2.01. The van der Waals surface area contributed by atoms with Crippen molar-refractivity contribution in [3.63, 3.8) is 0 Å². The predicted octanol–water partition coefficient (Wildman–Crippen LogP) is 3.89. The molecule has 20 heavy (non-hydrogen) atoms. The van der Waals surface area contributed by atoms with Gasteiger partial charge in [-0.05, 0) is 53.1 Å². The number of aromatic nitrogens is 2. The van der Waals surface area contributed by atoms with E-state index in [4.69, 9.17) is 0 Å². The maximum atomic E-state index is 4.45. The van der Waals surface area contributed by atoms with Gasteiger partial charge in [-0.2, -0.15) is 0 Å². The molecule has 3 heteroatoms. The lowest BCUT2D eigenvalue weighted by atomic mass is 10.1. The zero-order valence-corrected chi connectivity index (χ0v) is 10.8. The molecule has 0 saturated carbocycles. The molecular weight excluding hydrogens is 246 g/mol. The smallest absolute Gasteiger partial charge is 0.0630 e. The highest BCUT2D eigenvalue weighted by Crippen LogP contribution is 2.21. The van der Waals surface area contributed by atoms with Gasteiger partial charge < -0.3 is 0 Å². The van der Waals surface area contributed by atoms with Crippen molar-refractivity contribution in [1.82, 2.24) is 9.97 Å². The van der Waals surface area contributed by atoms with Crippen LogP contribution in [0.15, 0.2) is 78.3 Å². The van der Waals surface area contributed by atoms with E-state index in [0.29, 0.717) is 0 Å². The molecule has 0 bridgehead atoms. The maximum absolute atomic E-state index is 4.45. The molecule has 2 heterocycles. The molecule has 0 aliphatic heterocycles. The van der Waals surface area contributed by atoms with Crippen LogP contribution < -0.4 is 0 Å². The van der Waals surface area contributed by atoms with E-state index >= 15 is 0 Å². The Labute approximate surface area is 117 Å². The van der Waals surface area contributed by atoms with Gasteiger partial charge in [-0.1, -0.05) is 12.1 Å². The number of hydrogen-bond donors (Lipinski definition) is 0. The van der Waals surface area contributed by atoms with Gasteiger partial charge in [-0.3, -0.25) is 15.0 Å². The molecule has 3 nitrogen and oxygen atoms in total. The van der Waals surface area contributed by atoms with Crippen LogP contribution in [0.2, 0.25) is 0 Å². The van der Waals surface area contributed by atoms with Crippen LogP contribution in [0.1, 0.15) is 5.56 Å². The van der Waals surface area contributed by atoms with Gasteiger partial charge in [0.15, 0.2) is 0 Å². The Balaban J connectivity index is 1.79. The average Bonchev–Trinajstić information content (AvgIpc) is 2.55. The summed E-state index contributed by atoms with van der Waals surface area (Å²) in [6, 6.07) is 16.0. The van der Waals surface area contributed by atoms with Crippen LogP contribution >= 0.6 is 0 Å². The Bertz CT molecular complexity index is 689. The number of aliphatic imine (C=N–C) groups is 1. The van der Waals surface area contributed by atoms with Crippen LogP contribution in [0.4, 0.5) is 5.69 Å². The summed E-state index contributed by atoms with van der Waals surface area (Å²) in [5.41, 5.74) is 4.29. The molecule has 0 aliphatic carbocycles. The van der Waals surface area contributed by atoms with Crippen molar-refractivity contribution in [2.24, 2.45) is 4.99 Å². The summed E-state index contributed by atoms with van der Waals surface area (Å²) in [7, 11) is 0. The quantitative estimate of drug-likeness (QED) is 0.669. The molecule has 96 valence electrons. The maximum Gasteiger partial charge on any atom is 0.0630 e. The lowest BCUT2D eigenvalue weighted by Crippen LogP contribution is -1.80. The Kier molecular flexibility index (Phi) is 3.60. The monoisotopic (exact) mass is 259 g/mol. The zero-order chi connectivity index (χ0) is 13.6. The minimum atomic E-state index is 0.930. The molecule has 0 saturated heterocycles. The second-order valence-corrected chi connectivity index (χ2v) is 4.32. The highest BCUT2D eigenvalue weighted by Gasteiger charge is 1.96. The molecule has 0 fully saturated rings. The molecule has 0 radical (unpaired) electrons. The standard InChI is InChI=1S/C17H13N3/c1-3-17(20-13-14-5-9-18-10-6-14)4-2-15(1)16-7-11-19-12-8-16/h1-13H. The molecule has 3 aromatic rings. The highest BCUT2D eigenvalue weighted by atomic mass is 14.7. The van der Waals surface area contributed by atoms with Gasteiger partial charge in [-0.25, -0.2) is 0 Å². The Morgan fingerprint density at radius 3 is 1.85 bits per heavy atom. The van der Waals surface area contributed by atoms with Crippen LogP contribution in [0, 0.1) is 0 Å². The van der Waals surface area contributed by atoms with Crippen molar-refractivity contribution >= 4 is 11.9 Å². The lowest BCUT2D eigenvalue weighted by molar-refractivity contribution is 1.32. The Morgan fingerprint density at radius 1 is 0.650 bits per heavy atom. The first-order chi connectivity index (χ1) is 9.92. The van der Waals surface area contributed by atoms with Crippen LogP contribution in [0.25, 0.3) is 11.1 Å². The van der Waals surface area contributed by atoms with Crippen LogP contribution in [-0.2, 0) is 0 Å². The van der Waals surface area contributed by atoms with E-state index < -0.39 is 0 Å². The second kappa shape index (κ2) is 5.89. The van der Waals surface area contributed by atoms with E-state index in [1.54, 1.807) is 24.8 Å². The first-order valence-electron chi connectivity index (χ1n) is 6.36. The van der Waals surface area contributed by atoms with Crippen LogP contribution in [0.3, 0.4) is 0 Å². The summed E-state index contributed by atoms with van der Waals surface area (Å²) < 4.78 is 0. The third-order valence-electron chi connectivity index (χ3n) is 2.95. The molecular formula is C17H13N3. The van der Waals surface area contributed by atoms with Crippen molar-refractivity contribution in [2.75, 3.05) is 0 Å². The van der Waals surface area contributed by atoms with Crippen LogP contribution in [-0.4, -0.2) is 16.2 Å². The van der Waals surface area contributed by atoms with Crippen molar-refractivity contribution in [3.05, 3.63) is 78.9 Å².